The van der Waals surface area contributed by atoms with E-state index in [1.807, 2.05) is 24.3 Å². The third-order valence-corrected chi connectivity index (χ3v) is 6.31. The second-order valence-electron chi connectivity index (χ2n) is 8.98. The summed E-state index contributed by atoms with van der Waals surface area (Å²) in [5.41, 5.74) is 18.0. The van der Waals surface area contributed by atoms with Crippen LogP contribution in [0.25, 0.3) is 10.9 Å². The Bertz CT molecular complexity index is 1160. The van der Waals surface area contributed by atoms with Gasteiger partial charge in [-0.3, -0.25) is 19.4 Å². The van der Waals surface area contributed by atoms with Crippen molar-refractivity contribution < 1.29 is 24.3 Å². The molecule has 3 rings (SSSR count). The van der Waals surface area contributed by atoms with E-state index in [4.69, 9.17) is 17.2 Å². The van der Waals surface area contributed by atoms with Crippen LogP contribution in [0.4, 0.5) is 0 Å². The number of likely N-dealkylation sites (tertiary alicyclic amines) is 1. The third kappa shape index (κ3) is 7.43. The van der Waals surface area contributed by atoms with E-state index in [9.17, 15) is 24.3 Å². The predicted octanol–water partition coefficient (Wildman–Crippen LogP) is -1.23. The summed E-state index contributed by atoms with van der Waals surface area (Å²) in [7, 11) is 0. The number of nitrogens with one attached hydrogen (secondary N) is 3. The van der Waals surface area contributed by atoms with Gasteiger partial charge >= 0.3 is 5.97 Å². The molecule has 37 heavy (non-hydrogen) atoms. The number of fused-ring (bicyclic) bond motifs is 1. The number of benzene rings is 1. The fourth-order valence-electron chi connectivity index (χ4n) is 4.37. The number of aromatic amines is 1. The number of para-hydroxylation sites is 1. The molecular formula is C24H34N8O5. The average molecular weight is 515 g/mol. The number of amides is 3. The molecule has 0 radical (unpaired) electrons. The maximum Gasteiger partial charge on any atom is 0.326 e. The monoisotopic (exact) mass is 514 g/mol. The largest absolute Gasteiger partial charge is 0.480 e. The zero-order chi connectivity index (χ0) is 26.9. The van der Waals surface area contributed by atoms with Gasteiger partial charge in [0.1, 0.15) is 12.1 Å². The van der Waals surface area contributed by atoms with Crippen LogP contribution in [0.5, 0.6) is 0 Å². The number of carbonyl (C=O) groups is 4. The Morgan fingerprint density at radius 3 is 2.70 bits per heavy atom. The molecule has 1 saturated heterocycles. The van der Waals surface area contributed by atoms with Gasteiger partial charge in [0, 0.05) is 36.6 Å². The van der Waals surface area contributed by atoms with Crippen molar-refractivity contribution in [2.24, 2.45) is 22.2 Å². The van der Waals surface area contributed by atoms with Gasteiger partial charge in [0.05, 0.1) is 12.6 Å². The van der Waals surface area contributed by atoms with E-state index < -0.39 is 41.8 Å². The fourth-order valence-corrected chi connectivity index (χ4v) is 4.37. The maximum atomic E-state index is 13.0. The number of aromatic nitrogens is 1. The molecule has 1 aliphatic rings. The first-order chi connectivity index (χ1) is 17.7. The van der Waals surface area contributed by atoms with Gasteiger partial charge in [-0.15, -0.1) is 0 Å². The molecule has 3 unspecified atom stereocenters. The molecule has 0 spiro atoms. The third-order valence-electron chi connectivity index (χ3n) is 6.31. The summed E-state index contributed by atoms with van der Waals surface area (Å²) in [5, 5.41) is 15.7. The molecule has 1 aromatic heterocycles. The molecule has 2 heterocycles. The van der Waals surface area contributed by atoms with Crippen LogP contribution in [-0.2, 0) is 25.6 Å². The highest BCUT2D eigenvalue weighted by atomic mass is 16.4. The Labute approximate surface area is 213 Å². The fraction of sp³-hybridized carbons (Fsp3) is 0.458. The molecule has 1 aromatic carbocycles. The number of hydrogen-bond donors (Lipinski definition) is 7. The SMILES string of the molecule is NC(N)=NCCCC(N)C(=O)NCC(=O)N1CCCC1C(=O)NC(Cc1c[nH]c2ccccc12)C(=O)O. The number of nitrogens with zero attached hydrogens (tertiary/aromatic N) is 2. The second kappa shape index (κ2) is 12.7. The summed E-state index contributed by atoms with van der Waals surface area (Å²) in [5.74, 6) is -2.69. The van der Waals surface area contributed by atoms with Crippen molar-refractivity contribution in [3.63, 3.8) is 0 Å². The Hall–Kier alpha value is -4.13. The summed E-state index contributed by atoms with van der Waals surface area (Å²) in [6.07, 6.45) is 3.63. The van der Waals surface area contributed by atoms with Crippen molar-refractivity contribution >= 4 is 40.6 Å². The highest BCUT2D eigenvalue weighted by Gasteiger charge is 2.36. The van der Waals surface area contributed by atoms with Gasteiger partial charge in [0.15, 0.2) is 5.96 Å². The molecular weight excluding hydrogens is 480 g/mol. The quantitative estimate of drug-likeness (QED) is 0.103. The highest BCUT2D eigenvalue weighted by Crippen LogP contribution is 2.21. The van der Waals surface area contributed by atoms with E-state index in [2.05, 4.69) is 20.6 Å². The van der Waals surface area contributed by atoms with Gasteiger partial charge in [-0.05, 0) is 37.3 Å². The number of carboxylic acid groups (broad SMARTS) is 1. The summed E-state index contributed by atoms with van der Waals surface area (Å²) in [6.45, 7) is 0.351. The second-order valence-corrected chi connectivity index (χ2v) is 8.98. The zero-order valence-electron chi connectivity index (χ0n) is 20.5. The molecule has 0 aliphatic carbocycles. The lowest BCUT2D eigenvalue weighted by atomic mass is 10.0. The summed E-state index contributed by atoms with van der Waals surface area (Å²) in [6, 6.07) is 4.67. The van der Waals surface area contributed by atoms with Gasteiger partial charge in [-0.25, -0.2) is 4.79 Å². The summed E-state index contributed by atoms with van der Waals surface area (Å²) in [4.78, 5) is 58.2. The topological polar surface area (TPSA) is 222 Å². The number of rotatable bonds is 12. The van der Waals surface area contributed by atoms with Crippen molar-refractivity contribution in [1.29, 1.82) is 0 Å². The van der Waals surface area contributed by atoms with Crippen molar-refractivity contribution in [2.75, 3.05) is 19.6 Å². The van der Waals surface area contributed by atoms with Crippen LogP contribution in [0.2, 0.25) is 0 Å². The van der Waals surface area contributed by atoms with Crippen molar-refractivity contribution in [3.8, 4) is 0 Å². The zero-order valence-corrected chi connectivity index (χ0v) is 20.5. The Morgan fingerprint density at radius 1 is 1.22 bits per heavy atom. The van der Waals surface area contributed by atoms with Crippen LogP contribution in [0.15, 0.2) is 35.5 Å². The molecule has 1 aliphatic heterocycles. The smallest absolute Gasteiger partial charge is 0.326 e. The van der Waals surface area contributed by atoms with E-state index in [0.29, 0.717) is 38.8 Å². The van der Waals surface area contributed by atoms with Crippen LogP contribution in [0, 0.1) is 0 Å². The number of H-pyrrole nitrogens is 1. The van der Waals surface area contributed by atoms with Crippen molar-refractivity contribution in [2.45, 2.75) is 50.2 Å². The predicted molar refractivity (Wildman–Crippen MR) is 137 cm³/mol. The van der Waals surface area contributed by atoms with Gasteiger partial charge in [0.25, 0.3) is 0 Å². The molecule has 10 N–H and O–H groups in total. The van der Waals surface area contributed by atoms with E-state index in [1.165, 1.54) is 4.90 Å². The first-order valence-corrected chi connectivity index (χ1v) is 12.1. The molecule has 200 valence electrons. The standard InChI is InChI=1S/C24H34N8O5/c25-16(6-3-9-28-24(26)27)21(34)30-13-20(33)32-10-4-8-19(32)22(35)31-18(23(36)37)11-14-12-29-17-7-2-1-5-15(14)17/h1-2,5,7,12,16,18-19,29H,3-4,6,8-11,13,25H2,(H,30,34)(H,31,35)(H,36,37)(H4,26,27,28). The highest BCUT2D eigenvalue weighted by molar-refractivity contribution is 5.93. The van der Waals surface area contributed by atoms with Gasteiger partial charge in [0.2, 0.25) is 17.7 Å². The van der Waals surface area contributed by atoms with E-state index in [1.54, 1.807) is 6.20 Å². The lowest BCUT2D eigenvalue weighted by Crippen LogP contribution is -2.53. The van der Waals surface area contributed by atoms with E-state index in [0.717, 1.165) is 16.5 Å². The molecule has 0 saturated carbocycles. The number of guanidine groups is 1. The van der Waals surface area contributed by atoms with E-state index in [-0.39, 0.29) is 18.9 Å². The van der Waals surface area contributed by atoms with Crippen LogP contribution in [0.3, 0.4) is 0 Å². The maximum absolute atomic E-state index is 13.0. The van der Waals surface area contributed by atoms with Crippen LogP contribution < -0.4 is 27.8 Å². The van der Waals surface area contributed by atoms with Gasteiger partial charge < -0.3 is 42.8 Å². The Balaban J connectivity index is 1.53. The molecule has 3 amide bonds. The molecule has 13 nitrogen and oxygen atoms in total. The molecule has 2 aromatic rings. The minimum Gasteiger partial charge on any atom is -0.480 e. The summed E-state index contributed by atoms with van der Waals surface area (Å²) >= 11 is 0. The Kier molecular flexibility index (Phi) is 9.44. The van der Waals surface area contributed by atoms with Crippen LogP contribution in [0.1, 0.15) is 31.2 Å². The summed E-state index contributed by atoms with van der Waals surface area (Å²) < 4.78 is 0. The number of aliphatic imine (C=N–C) groups is 1. The minimum atomic E-state index is -1.17. The number of hydrogen-bond acceptors (Lipinski definition) is 6. The van der Waals surface area contributed by atoms with E-state index >= 15 is 0 Å². The Morgan fingerprint density at radius 2 is 1.97 bits per heavy atom. The molecule has 0 bridgehead atoms. The van der Waals surface area contributed by atoms with Crippen molar-refractivity contribution in [3.05, 3.63) is 36.0 Å². The van der Waals surface area contributed by atoms with Crippen LogP contribution >= 0.6 is 0 Å². The minimum absolute atomic E-state index is 0.0412. The lowest BCUT2D eigenvalue weighted by molar-refractivity contribution is -0.144. The van der Waals surface area contributed by atoms with Gasteiger partial charge in [-0.2, -0.15) is 0 Å². The normalized spacial score (nSPS) is 16.7. The first kappa shape index (κ1) is 27.5. The average Bonchev–Trinajstić information content (AvgIpc) is 3.52. The number of nitrogens with two attached hydrogens (primary N) is 3. The molecule has 13 heteroatoms. The molecule has 1 fully saturated rings. The van der Waals surface area contributed by atoms with Gasteiger partial charge in [-0.1, -0.05) is 18.2 Å². The van der Waals surface area contributed by atoms with Crippen LogP contribution in [-0.4, -0.2) is 82.4 Å². The van der Waals surface area contributed by atoms with Crippen molar-refractivity contribution in [1.82, 2.24) is 20.5 Å². The number of aliphatic carboxylic acids is 1. The number of carboxylic acids is 1. The molecule has 3 atom stereocenters. The lowest BCUT2D eigenvalue weighted by Gasteiger charge is -2.26. The number of carbonyl (C=O) groups excluding carboxylic acids is 3. The first-order valence-electron chi connectivity index (χ1n) is 12.1.